The van der Waals surface area contributed by atoms with Crippen molar-refractivity contribution in [2.45, 2.75) is 6.54 Å². The van der Waals surface area contributed by atoms with Crippen LogP contribution in [0.2, 0.25) is 10.0 Å². The van der Waals surface area contributed by atoms with E-state index >= 15 is 0 Å². The van der Waals surface area contributed by atoms with Gasteiger partial charge in [0.1, 0.15) is 17.3 Å². The van der Waals surface area contributed by atoms with E-state index in [1.807, 2.05) is 48.5 Å². The Labute approximate surface area is 158 Å². The van der Waals surface area contributed by atoms with E-state index in [2.05, 4.69) is 21.2 Å². The van der Waals surface area contributed by atoms with Crippen molar-refractivity contribution >= 4 is 44.8 Å². The number of anilines is 1. The molecule has 0 aliphatic carbocycles. The SMILES string of the molecule is COc1ccc(NCc2ccc(-c3ccc(Br)cc3Cl)o2)cc1Cl. The molecule has 0 radical (unpaired) electrons. The molecule has 0 saturated carbocycles. The topological polar surface area (TPSA) is 34.4 Å². The van der Waals surface area contributed by atoms with E-state index in [1.165, 1.54) is 0 Å². The molecule has 0 saturated heterocycles. The smallest absolute Gasteiger partial charge is 0.137 e. The molecule has 2 aromatic carbocycles. The number of benzene rings is 2. The lowest BCUT2D eigenvalue weighted by molar-refractivity contribution is 0.415. The van der Waals surface area contributed by atoms with Gasteiger partial charge in [-0.15, -0.1) is 0 Å². The summed E-state index contributed by atoms with van der Waals surface area (Å²) in [7, 11) is 1.59. The van der Waals surface area contributed by atoms with Gasteiger partial charge >= 0.3 is 0 Å². The molecule has 0 spiro atoms. The lowest BCUT2D eigenvalue weighted by Gasteiger charge is -2.08. The lowest BCUT2D eigenvalue weighted by Crippen LogP contribution is -1.98. The fourth-order valence-corrected chi connectivity index (χ4v) is 3.30. The molecule has 24 heavy (non-hydrogen) atoms. The zero-order valence-electron chi connectivity index (χ0n) is 12.8. The average molecular weight is 427 g/mol. The van der Waals surface area contributed by atoms with Crippen LogP contribution in [0.25, 0.3) is 11.3 Å². The lowest BCUT2D eigenvalue weighted by atomic mass is 10.2. The first-order valence-electron chi connectivity index (χ1n) is 7.18. The van der Waals surface area contributed by atoms with Crippen LogP contribution in [-0.4, -0.2) is 7.11 Å². The van der Waals surface area contributed by atoms with Gasteiger partial charge in [0.2, 0.25) is 0 Å². The van der Waals surface area contributed by atoms with Gasteiger partial charge in [-0.25, -0.2) is 0 Å². The molecule has 0 aliphatic heterocycles. The van der Waals surface area contributed by atoms with Gasteiger partial charge in [-0.2, -0.15) is 0 Å². The molecule has 0 atom stereocenters. The molecular formula is C18H14BrCl2NO2. The second-order valence-electron chi connectivity index (χ2n) is 5.09. The third-order valence-corrected chi connectivity index (χ3v) is 4.58. The third-order valence-electron chi connectivity index (χ3n) is 3.48. The molecule has 0 unspecified atom stereocenters. The molecule has 0 aliphatic rings. The molecule has 124 valence electrons. The summed E-state index contributed by atoms with van der Waals surface area (Å²) in [5, 5.41) is 4.47. The van der Waals surface area contributed by atoms with Crippen molar-refractivity contribution in [1.82, 2.24) is 0 Å². The summed E-state index contributed by atoms with van der Waals surface area (Å²) < 4.78 is 11.9. The van der Waals surface area contributed by atoms with Crippen molar-refractivity contribution in [2.24, 2.45) is 0 Å². The zero-order chi connectivity index (χ0) is 17.1. The maximum Gasteiger partial charge on any atom is 0.137 e. The van der Waals surface area contributed by atoms with Crippen LogP contribution in [0, 0.1) is 0 Å². The summed E-state index contributed by atoms with van der Waals surface area (Å²) in [5.41, 5.74) is 1.75. The first-order chi connectivity index (χ1) is 11.6. The molecule has 6 heteroatoms. The van der Waals surface area contributed by atoms with Crippen molar-refractivity contribution in [1.29, 1.82) is 0 Å². The molecule has 0 fully saturated rings. The number of hydrogen-bond acceptors (Lipinski definition) is 3. The van der Waals surface area contributed by atoms with Crippen LogP contribution >= 0.6 is 39.1 Å². The Morgan fingerprint density at radius 1 is 1.04 bits per heavy atom. The third kappa shape index (κ3) is 3.89. The molecular weight excluding hydrogens is 413 g/mol. The van der Waals surface area contributed by atoms with E-state index in [9.17, 15) is 0 Å². The van der Waals surface area contributed by atoms with Crippen molar-refractivity contribution in [3.63, 3.8) is 0 Å². The Morgan fingerprint density at radius 3 is 2.58 bits per heavy atom. The van der Waals surface area contributed by atoms with Gasteiger partial charge in [0.15, 0.2) is 0 Å². The van der Waals surface area contributed by atoms with Crippen LogP contribution in [0.5, 0.6) is 5.75 Å². The Hall–Kier alpha value is -1.62. The van der Waals surface area contributed by atoms with Gasteiger partial charge in [0.05, 0.1) is 23.7 Å². The van der Waals surface area contributed by atoms with Gasteiger partial charge in [-0.05, 0) is 48.5 Å². The van der Waals surface area contributed by atoms with Crippen molar-refractivity contribution < 1.29 is 9.15 Å². The second kappa shape index (κ2) is 7.51. The zero-order valence-corrected chi connectivity index (χ0v) is 15.9. The standard InChI is InChI=1S/C18H14BrCl2NO2/c1-23-18-6-3-12(9-16(18)21)22-10-13-4-7-17(24-13)14-5-2-11(19)8-15(14)20/h2-9,22H,10H2,1H3. The van der Waals surface area contributed by atoms with Gasteiger partial charge in [-0.1, -0.05) is 39.1 Å². The molecule has 0 amide bonds. The van der Waals surface area contributed by atoms with Crippen molar-refractivity contribution in [3.8, 4) is 17.1 Å². The number of hydrogen-bond donors (Lipinski definition) is 1. The minimum absolute atomic E-state index is 0.538. The van der Waals surface area contributed by atoms with E-state index in [0.29, 0.717) is 22.3 Å². The first kappa shape index (κ1) is 17.2. The number of methoxy groups -OCH3 is 1. The Balaban J connectivity index is 1.71. The first-order valence-corrected chi connectivity index (χ1v) is 8.73. The van der Waals surface area contributed by atoms with Crippen LogP contribution in [0.1, 0.15) is 5.76 Å². The van der Waals surface area contributed by atoms with E-state index in [1.54, 1.807) is 7.11 Å². The predicted molar refractivity (Wildman–Crippen MR) is 102 cm³/mol. The minimum atomic E-state index is 0.538. The quantitative estimate of drug-likeness (QED) is 0.496. The van der Waals surface area contributed by atoms with Gasteiger partial charge in [0.25, 0.3) is 0 Å². The molecule has 1 aromatic heterocycles. The summed E-state index contributed by atoms with van der Waals surface area (Å²) in [6, 6.07) is 15.1. The average Bonchev–Trinajstić information content (AvgIpc) is 3.01. The minimum Gasteiger partial charge on any atom is -0.495 e. The Bertz CT molecular complexity index is 864. The summed E-state index contributed by atoms with van der Waals surface area (Å²) in [6.07, 6.45) is 0. The molecule has 3 rings (SSSR count). The maximum absolute atomic E-state index is 6.26. The molecule has 1 heterocycles. The summed E-state index contributed by atoms with van der Waals surface area (Å²) in [6.45, 7) is 0.538. The number of ether oxygens (including phenoxy) is 1. The van der Waals surface area contributed by atoms with E-state index in [4.69, 9.17) is 32.4 Å². The highest BCUT2D eigenvalue weighted by molar-refractivity contribution is 9.10. The molecule has 1 N–H and O–H groups in total. The Morgan fingerprint density at radius 2 is 1.88 bits per heavy atom. The van der Waals surface area contributed by atoms with E-state index in [-0.39, 0.29) is 0 Å². The fourth-order valence-electron chi connectivity index (χ4n) is 2.27. The van der Waals surface area contributed by atoms with Crippen LogP contribution in [0.15, 0.2) is 57.4 Å². The fraction of sp³-hybridized carbons (Fsp3) is 0.111. The number of nitrogens with one attached hydrogen (secondary N) is 1. The van der Waals surface area contributed by atoms with Crippen molar-refractivity contribution in [3.05, 3.63) is 68.8 Å². The highest BCUT2D eigenvalue weighted by Gasteiger charge is 2.09. The highest BCUT2D eigenvalue weighted by Crippen LogP contribution is 2.32. The number of furan rings is 1. The predicted octanol–water partition coefficient (Wildman–Crippen LogP) is 6.64. The van der Waals surface area contributed by atoms with Crippen LogP contribution in [0.3, 0.4) is 0 Å². The van der Waals surface area contributed by atoms with Crippen LogP contribution < -0.4 is 10.1 Å². The Kier molecular flexibility index (Phi) is 5.39. The monoisotopic (exact) mass is 425 g/mol. The van der Waals surface area contributed by atoms with E-state index in [0.717, 1.165) is 27.2 Å². The second-order valence-corrected chi connectivity index (χ2v) is 6.82. The summed E-state index contributed by atoms with van der Waals surface area (Å²) in [4.78, 5) is 0. The molecule has 3 nitrogen and oxygen atoms in total. The van der Waals surface area contributed by atoms with Crippen molar-refractivity contribution in [2.75, 3.05) is 12.4 Å². The largest absolute Gasteiger partial charge is 0.495 e. The molecule has 3 aromatic rings. The maximum atomic E-state index is 6.26. The number of rotatable bonds is 5. The normalized spacial score (nSPS) is 10.7. The highest BCUT2D eigenvalue weighted by atomic mass is 79.9. The van der Waals surface area contributed by atoms with E-state index < -0.39 is 0 Å². The van der Waals surface area contributed by atoms with Crippen LogP contribution in [-0.2, 0) is 6.54 Å². The van der Waals surface area contributed by atoms with Gasteiger partial charge in [-0.3, -0.25) is 0 Å². The summed E-state index contributed by atoms with van der Waals surface area (Å²) in [5.74, 6) is 2.18. The molecule has 0 bridgehead atoms. The van der Waals surface area contributed by atoms with Crippen LogP contribution in [0.4, 0.5) is 5.69 Å². The summed E-state index contributed by atoms with van der Waals surface area (Å²) >= 11 is 15.8. The van der Waals surface area contributed by atoms with Gasteiger partial charge < -0.3 is 14.5 Å². The van der Waals surface area contributed by atoms with Gasteiger partial charge in [0, 0.05) is 15.7 Å². The number of halogens is 3.